The van der Waals surface area contributed by atoms with Gasteiger partial charge in [-0.05, 0) is 32.4 Å². The summed E-state index contributed by atoms with van der Waals surface area (Å²) in [6.45, 7) is 5.36. The number of halogens is 2. The third kappa shape index (κ3) is 3.72. The van der Waals surface area contributed by atoms with E-state index < -0.39 is 23.8 Å². The molecule has 0 spiro atoms. The summed E-state index contributed by atoms with van der Waals surface area (Å²) in [4.78, 5) is 29.4. The molecule has 1 aromatic rings. The predicted octanol–water partition coefficient (Wildman–Crippen LogP) is 4.18. The molecule has 0 aromatic heterocycles. The van der Waals surface area contributed by atoms with Crippen molar-refractivity contribution in [3.8, 4) is 0 Å². The van der Waals surface area contributed by atoms with Crippen molar-refractivity contribution < 1.29 is 19.1 Å². The molecule has 134 valence electrons. The van der Waals surface area contributed by atoms with Crippen LogP contribution < -0.4 is 0 Å². The van der Waals surface area contributed by atoms with Gasteiger partial charge in [0.05, 0.1) is 29.3 Å². The highest BCUT2D eigenvalue weighted by Crippen LogP contribution is 2.44. The van der Waals surface area contributed by atoms with Crippen molar-refractivity contribution in [2.75, 3.05) is 13.7 Å². The van der Waals surface area contributed by atoms with Gasteiger partial charge in [0.25, 0.3) is 0 Å². The largest absolute Gasteiger partial charge is 0.466 e. The van der Waals surface area contributed by atoms with Gasteiger partial charge in [-0.2, -0.15) is 0 Å². The second kappa shape index (κ2) is 8.02. The number of methoxy groups -OCH3 is 1. The Labute approximate surface area is 156 Å². The molecule has 5 nitrogen and oxygen atoms in total. The number of hydrogen-bond donors (Lipinski definition) is 0. The molecule has 0 aliphatic carbocycles. The fourth-order valence-corrected chi connectivity index (χ4v) is 3.47. The van der Waals surface area contributed by atoms with Crippen molar-refractivity contribution in [1.82, 2.24) is 0 Å². The van der Waals surface area contributed by atoms with Crippen LogP contribution in [0, 0.1) is 5.92 Å². The minimum atomic E-state index is -0.784. The number of aliphatic imine (C=N–C) groups is 1. The maximum absolute atomic E-state index is 12.6. The summed E-state index contributed by atoms with van der Waals surface area (Å²) in [5, 5.41) is 0.621. The molecule has 0 bridgehead atoms. The third-order valence-electron chi connectivity index (χ3n) is 4.09. The van der Waals surface area contributed by atoms with Crippen LogP contribution in [0.5, 0.6) is 0 Å². The van der Waals surface area contributed by atoms with Gasteiger partial charge < -0.3 is 9.47 Å². The number of ether oxygens (including phenoxy) is 2. The minimum Gasteiger partial charge on any atom is -0.466 e. The topological polar surface area (TPSA) is 65.0 Å². The predicted molar refractivity (Wildman–Crippen MR) is 97.2 cm³/mol. The van der Waals surface area contributed by atoms with Crippen LogP contribution in [0.2, 0.25) is 10.0 Å². The van der Waals surface area contributed by atoms with Gasteiger partial charge in [-0.25, -0.2) is 4.79 Å². The molecule has 2 rings (SSSR count). The van der Waals surface area contributed by atoms with Crippen LogP contribution in [0.4, 0.5) is 0 Å². The highest BCUT2D eigenvalue weighted by molar-refractivity contribution is 6.42. The molecular weight excluding hydrogens is 365 g/mol. The van der Waals surface area contributed by atoms with Crippen LogP contribution in [-0.2, 0) is 19.1 Å². The lowest BCUT2D eigenvalue weighted by molar-refractivity contribution is -0.146. The zero-order valence-corrected chi connectivity index (χ0v) is 15.9. The van der Waals surface area contributed by atoms with Crippen LogP contribution in [0.3, 0.4) is 0 Å². The highest BCUT2D eigenvalue weighted by atomic mass is 35.5. The number of carbonyl (C=O) groups excluding carboxylic acids is 2. The molecule has 7 heteroatoms. The van der Waals surface area contributed by atoms with Crippen molar-refractivity contribution in [3.05, 3.63) is 45.1 Å². The van der Waals surface area contributed by atoms with Crippen LogP contribution in [-0.4, -0.2) is 31.4 Å². The average Bonchev–Trinajstić information content (AvgIpc) is 2.56. The molecular formula is C18H19Cl2NO4. The van der Waals surface area contributed by atoms with Gasteiger partial charge >= 0.3 is 11.9 Å². The fraction of sp³-hybridized carbons (Fsp3) is 0.389. The Morgan fingerprint density at radius 3 is 2.52 bits per heavy atom. The molecule has 1 aliphatic rings. The molecule has 0 fully saturated rings. The first-order valence-corrected chi connectivity index (χ1v) is 8.53. The Kier molecular flexibility index (Phi) is 6.25. The maximum atomic E-state index is 12.6. The summed E-state index contributed by atoms with van der Waals surface area (Å²) in [7, 11) is 1.28. The summed E-state index contributed by atoms with van der Waals surface area (Å²) in [5.74, 6) is -2.51. The lowest BCUT2D eigenvalue weighted by atomic mass is 9.75. The van der Waals surface area contributed by atoms with E-state index in [1.807, 2.05) is 0 Å². The van der Waals surface area contributed by atoms with E-state index in [4.69, 9.17) is 32.7 Å². The van der Waals surface area contributed by atoms with E-state index in [9.17, 15) is 9.59 Å². The van der Waals surface area contributed by atoms with Crippen LogP contribution in [0.15, 0.2) is 34.5 Å². The summed E-state index contributed by atoms with van der Waals surface area (Å²) < 4.78 is 10.1. The van der Waals surface area contributed by atoms with E-state index in [1.165, 1.54) is 7.11 Å². The molecule has 0 N–H and O–H groups in total. The second-order valence-electron chi connectivity index (χ2n) is 5.59. The lowest BCUT2D eigenvalue weighted by Crippen LogP contribution is -2.36. The zero-order valence-electron chi connectivity index (χ0n) is 14.4. The zero-order chi connectivity index (χ0) is 18.7. The number of carbonyl (C=O) groups is 2. The third-order valence-corrected chi connectivity index (χ3v) is 4.92. The van der Waals surface area contributed by atoms with E-state index in [2.05, 4.69) is 4.99 Å². The van der Waals surface area contributed by atoms with Crippen LogP contribution >= 0.6 is 23.2 Å². The summed E-state index contributed by atoms with van der Waals surface area (Å²) in [5.41, 5.74) is 1.85. The summed E-state index contributed by atoms with van der Waals surface area (Å²) in [6, 6.07) is 5.10. The number of rotatable bonds is 4. The van der Waals surface area contributed by atoms with E-state index in [-0.39, 0.29) is 17.2 Å². The van der Waals surface area contributed by atoms with Crippen molar-refractivity contribution in [1.29, 1.82) is 0 Å². The molecule has 0 radical (unpaired) electrons. The Bertz CT molecular complexity index is 770. The average molecular weight is 384 g/mol. The first kappa shape index (κ1) is 19.5. The Hall–Kier alpha value is -1.85. The molecule has 0 saturated carbocycles. The SMILES string of the molecule is CCOC(=O)C1C(C)=NC(C)=C(C(=O)OC)[C@@H]1c1cccc(Cl)c1Cl. The molecule has 1 aromatic carbocycles. The molecule has 0 amide bonds. The van der Waals surface area contributed by atoms with Gasteiger partial charge in [-0.3, -0.25) is 9.79 Å². The number of esters is 2. The van der Waals surface area contributed by atoms with E-state index in [0.29, 0.717) is 22.0 Å². The van der Waals surface area contributed by atoms with Gasteiger partial charge in [0.15, 0.2) is 0 Å². The van der Waals surface area contributed by atoms with Gasteiger partial charge in [0, 0.05) is 17.3 Å². The van der Waals surface area contributed by atoms with E-state index >= 15 is 0 Å². The molecule has 2 atom stereocenters. The Balaban J connectivity index is 2.72. The number of hydrogen-bond acceptors (Lipinski definition) is 5. The van der Waals surface area contributed by atoms with Gasteiger partial charge in [-0.15, -0.1) is 0 Å². The quantitative estimate of drug-likeness (QED) is 0.731. The first-order valence-electron chi connectivity index (χ1n) is 7.78. The Morgan fingerprint density at radius 1 is 1.24 bits per heavy atom. The first-order chi connectivity index (χ1) is 11.8. The van der Waals surface area contributed by atoms with Crippen molar-refractivity contribution in [2.24, 2.45) is 10.9 Å². The Morgan fingerprint density at radius 2 is 1.92 bits per heavy atom. The van der Waals surface area contributed by atoms with Crippen LogP contribution in [0.25, 0.3) is 0 Å². The van der Waals surface area contributed by atoms with E-state index in [0.717, 1.165) is 0 Å². The second-order valence-corrected chi connectivity index (χ2v) is 6.38. The van der Waals surface area contributed by atoms with Crippen molar-refractivity contribution in [2.45, 2.75) is 26.7 Å². The number of benzene rings is 1. The van der Waals surface area contributed by atoms with Gasteiger partial charge in [0.1, 0.15) is 5.92 Å². The standard InChI is InChI=1S/C18H19Cl2NO4/c1-5-25-18(23)14-10(3)21-9(2)13(17(22)24-4)15(14)11-7-6-8-12(19)16(11)20/h6-8,14-15H,5H2,1-4H3/t14?,15-/m0/s1. The fourth-order valence-electron chi connectivity index (χ4n) is 3.05. The van der Waals surface area contributed by atoms with E-state index in [1.54, 1.807) is 39.0 Å². The monoisotopic (exact) mass is 383 g/mol. The normalized spacial score (nSPS) is 20.2. The smallest absolute Gasteiger partial charge is 0.336 e. The molecule has 1 aliphatic heterocycles. The molecule has 25 heavy (non-hydrogen) atoms. The summed E-state index contributed by atoms with van der Waals surface area (Å²) in [6.07, 6.45) is 0. The number of nitrogens with zero attached hydrogens (tertiary/aromatic N) is 1. The maximum Gasteiger partial charge on any atom is 0.336 e. The molecule has 1 heterocycles. The van der Waals surface area contributed by atoms with Crippen LogP contribution in [0.1, 0.15) is 32.3 Å². The summed E-state index contributed by atoms with van der Waals surface area (Å²) >= 11 is 12.5. The highest BCUT2D eigenvalue weighted by Gasteiger charge is 2.43. The number of allylic oxidation sites excluding steroid dienone is 1. The van der Waals surface area contributed by atoms with Gasteiger partial charge in [-0.1, -0.05) is 35.3 Å². The van der Waals surface area contributed by atoms with Crippen molar-refractivity contribution >= 4 is 40.9 Å². The molecule has 1 unspecified atom stereocenters. The lowest BCUT2D eigenvalue weighted by Gasteiger charge is -2.31. The van der Waals surface area contributed by atoms with Gasteiger partial charge in [0.2, 0.25) is 0 Å². The van der Waals surface area contributed by atoms with Crippen molar-refractivity contribution in [3.63, 3.8) is 0 Å². The molecule has 0 saturated heterocycles. The minimum absolute atomic E-state index is 0.217.